The van der Waals surface area contributed by atoms with E-state index in [1.807, 2.05) is 24.3 Å². The van der Waals surface area contributed by atoms with Crippen LogP contribution in [0.15, 0.2) is 41.0 Å². The number of amides is 1. The first-order valence-electron chi connectivity index (χ1n) is 7.79. The number of para-hydroxylation sites is 1. The molecule has 0 aliphatic carbocycles. The molecule has 0 bridgehead atoms. The third-order valence-corrected chi connectivity index (χ3v) is 3.96. The van der Waals surface area contributed by atoms with Crippen molar-refractivity contribution in [1.29, 1.82) is 0 Å². The van der Waals surface area contributed by atoms with Gasteiger partial charge in [0.15, 0.2) is 0 Å². The minimum absolute atomic E-state index is 0.242. The van der Waals surface area contributed by atoms with Crippen LogP contribution in [-0.4, -0.2) is 29.0 Å². The molecule has 23 heavy (non-hydrogen) atoms. The number of halogens is 1. The van der Waals surface area contributed by atoms with Gasteiger partial charge in [0, 0.05) is 23.8 Å². The lowest BCUT2D eigenvalue weighted by atomic mass is 10.3. The summed E-state index contributed by atoms with van der Waals surface area (Å²) in [6.45, 7) is 5.99. The van der Waals surface area contributed by atoms with Gasteiger partial charge < -0.3 is 10.2 Å². The summed E-state index contributed by atoms with van der Waals surface area (Å²) in [6.07, 6.45) is 3.66. The average Bonchev–Trinajstić information content (AvgIpc) is 2.57. The number of nitrogens with zero attached hydrogens (tertiary/aromatic N) is 3. The quantitative estimate of drug-likeness (QED) is 0.789. The Bertz CT molecular complexity index is 657. The number of nitrogens with one attached hydrogen (secondary N) is 1. The molecule has 2 rings (SSSR count). The van der Waals surface area contributed by atoms with E-state index in [1.165, 1.54) is 0 Å². The second-order valence-corrected chi connectivity index (χ2v) is 6.02. The highest BCUT2D eigenvalue weighted by molar-refractivity contribution is 9.10. The van der Waals surface area contributed by atoms with Gasteiger partial charge in [-0.15, -0.1) is 0 Å². The van der Waals surface area contributed by atoms with Crippen LogP contribution in [0.5, 0.6) is 0 Å². The Morgan fingerprint density at radius 2 is 1.87 bits per heavy atom. The van der Waals surface area contributed by atoms with E-state index in [0.717, 1.165) is 36.1 Å². The maximum atomic E-state index is 12.4. The first-order valence-corrected chi connectivity index (χ1v) is 8.58. The van der Waals surface area contributed by atoms with E-state index in [0.29, 0.717) is 11.6 Å². The Morgan fingerprint density at radius 1 is 1.17 bits per heavy atom. The molecule has 0 unspecified atom stereocenters. The van der Waals surface area contributed by atoms with Gasteiger partial charge in [0.2, 0.25) is 5.95 Å². The number of aromatic nitrogens is 2. The highest BCUT2D eigenvalue weighted by Gasteiger charge is 2.13. The molecule has 1 aromatic carbocycles. The Labute approximate surface area is 145 Å². The molecule has 1 aromatic heterocycles. The molecule has 2 aromatic rings. The molecule has 1 amide bonds. The summed E-state index contributed by atoms with van der Waals surface area (Å²) >= 11 is 3.42. The normalized spacial score (nSPS) is 10.4. The van der Waals surface area contributed by atoms with E-state index in [2.05, 4.69) is 50.0 Å². The number of rotatable bonds is 7. The monoisotopic (exact) mass is 376 g/mol. The highest BCUT2D eigenvalue weighted by atomic mass is 79.9. The minimum atomic E-state index is -0.242. The summed E-state index contributed by atoms with van der Waals surface area (Å²) in [6, 6.07) is 9.12. The van der Waals surface area contributed by atoms with Crippen LogP contribution in [0.3, 0.4) is 0 Å². The summed E-state index contributed by atoms with van der Waals surface area (Å²) in [5.41, 5.74) is 1.08. The number of benzene rings is 1. The Hall–Kier alpha value is -1.95. The molecule has 0 atom stereocenters. The van der Waals surface area contributed by atoms with E-state index in [1.54, 1.807) is 12.3 Å². The Kier molecular flexibility index (Phi) is 6.52. The molecule has 5 nitrogen and oxygen atoms in total. The predicted molar refractivity (Wildman–Crippen MR) is 96.9 cm³/mol. The molecule has 0 aliphatic rings. The fourth-order valence-corrected chi connectivity index (χ4v) is 2.61. The van der Waals surface area contributed by atoms with Crippen LogP contribution < -0.4 is 10.2 Å². The lowest BCUT2D eigenvalue weighted by molar-refractivity contribution is 0.102. The molecule has 1 heterocycles. The van der Waals surface area contributed by atoms with Gasteiger partial charge >= 0.3 is 0 Å². The van der Waals surface area contributed by atoms with Crippen molar-refractivity contribution in [3.63, 3.8) is 0 Å². The third-order valence-electron chi connectivity index (χ3n) is 3.27. The lowest BCUT2D eigenvalue weighted by Crippen LogP contribution is -2.27. The topological polar surface area (TPSA) is 58.1 Å². The van der Waals surface area contributed by atoms with E-state index in [4.69, 9.17) is 0 Å². The van der Waals surface area contributed by atoms with E-state index >= 15 is 0 Å². The molecule has 0 aliphatic heterocycles. The second-order valence-electron chi connectivity index (χ2n) is 5.16. The van der Waals surface area contributed by atoms with Gasteiger partial charge in [0.25, 0.3) is 5.91 Å². The van der Waals surface area contributed by atoms with Crippen molar-refractivity contribution in [3.8, 4) is 0 Å². The Balaban J connectivity index is 2.18. The van der Waals surface area contributed by atoms with Crippen LogP contribution in [0.2, 0.25) is 0 Å². The summed E-state index contributed by atoms with van der Waals surface area (Å²) in [5, 5.41) is 2.86. The molecule has 0 saturated heterocycles. The average molecular weight is 377 g/mol. The maximum Gasteiger partial charge on any atom is 0.274 e. The zero-order valence-electron chi connectivity index (χ0n) is 13.4. The summed E-state index contributed by atoms with van der Waals surface area (Å²) in [7, 11) is 0. The SMILES string of the molecule is CCCN(CCC)c1nccc(C(=O)Nc2ccccc2Br)n1. The number of anilines is 2. The van der Waals surface area contributed by atoms with Crippen molar-refractivity contribution in [2.45, 2.75) is 26.7 Å². The zero-order chi connectivity index (χ0) is 16.7. The molecule has 0 fully saturated rings. The van der Waals surface area contributed by atoms with Crippen LogP contribution in [-0.2, 0) is 0 Å². The van der Waals surface area contributed by atoms with Crippen molar-refractivity contribution in [1.82, 2.24) is 9.97 Å². The minimum Gasteiger partial charge on any atom is -0.341 e. The van der Waals surface area contributed by atoms with Crippen molar-refractivity contribution in [3.05, 3.63) is 46.7 Å². The molecular formula is C17H21BrN4O. The lowest BCUT2D eigenvalue weighted by Gasteiger charge is -2.21. The van der Waals surface area contributed by atoms with E-state index in [9.17, 15) is 4.79 Å². The van der Waals surface area contributed by atoms with Gasteiger partial charge in [-0.1, -0.05) is 26.0 Å². The van der Waals surface area contributed by atoms with Crippen molar-refractivity contribution >= 4 is 33.5 Å². The van der Waals surface area contributed by atoms with Gasteiger partial charge in [-0.2, -0.15) is 0 Å². The highest BCUT2D eigenvalue weighted by Crippen LogP contribution is 2.21. The predicted octanol–water partition coefficient (Wildman–Crippen LogP) is 4.12. The standard InChI is InChI=1S/C17H21BrN4O/c1-3-11-22(12-4-2)17-19-10-9-15(21-17)16(23)20-14-8-6-5-7-13(14)18/h5-10H,3-4,11-12H2,1-2H3,(H,20,23). The van der Waals surface area contributed by atoms with Gasteiger partial charge in [0.1, 0.15) is 5.69 Å². The second kappa shape index (κ2) is 8.62. The van der Waals surface area contributed by atoms with Crippen molar-refractivity contribution in [2.24, 2.45) is 0 Å². The van der Waals surface area contributed by atoms with Crippen LogP contribution >= 0.6 is 15.9 Å². The first kappa shape index (κ1) is 17.4. The molecule has 0 spiro atoms. The van der Waals surface area contributed by atoms with Crippen LogP contribution in [0, 0.1) is 0 Å². The number of hydrogen-bond donors (Lipinski definition) is 1. The molecule has 0 saturated carbocycles. The first-order chi connectivity index (χ1) is 11.2. The largest absolute Gasteiger partial charge is 0.341 e. The number of carbonyl (C=O) groups excluding carboxylic acids is 1. The van der Waals surface area contributed by atoms with E-state index < -0.39 is 0 Å². The zero-order valence-corrected chi connectivity index (χ0v) is 15.0. The van der Waals surface area contributed by atoms with Crippen LogP contribution in [0.25, 0.3) is 0 Å². The van der Waals surface area contributed by atoms with Gasteiger partial charge in [-0.3, -0.25) is 4.79 Å². The van der Waals surface area contributed by atoms with Crippen LogP contribution in [0.4, 0.5) is 11.6 Å². The summed E-state index contributed by atoms with van der Waals surface area (Å²) < 4.78 is 0.834. The number of carbonyl (C=O) groups is 1. The molecule has 0 radical (unpaired) electrons. The molecule has 1 N–H and O–H groups in total. The van der Waals surface area contributed by atoms with Gasteiger partial charge in [-0.25, -0.2) is 9.97 Å². The fraction of sp³-hybridized carbons (Fsp3) is 0.353. The molecular weight excluding hydrogens is 356 g/mol. The van der Waals surface area contributed by atoms with E-state index in [-0.39, 0.29) is 5.91 Å². The number of hydrogen-bond acceptors (Lipinski definition) is 4. The van der Waals surface area contributed by atoms with Gasteiger partial charge in [0.05, 0.1) is 5.69 Å². The third kappa shape index (κ3) is 4.76. The Morgan fingerprint density at radius 3 is 2.52 bits per heavy atom. The molecule has 122 valence electrons. The van der Waals surface area contributed by atoms with Crippen molar-refractivity contribution < 1.29 is 4.79 Å². The van der Waals surface area contributed by atoms with Crippen LogP contribution in [0.1, 0.15) is 37.2 Å². The van der Waals surface area contributed by atoms with Gasteiger partial charge in [-0.05, 0) is 47.0 Å². The summed E-state index contributed by atoms with van der Waals surface area (Å²) in [4.78, 5) is 23.3. The van der Waals surface area contributed by atoms with Crippen molar-refractivity contribution in [2.75, 3.05) is 23.3 Å². The maximum absolute atomic E-state index is 12.4. The fourth-order valence-electron chi connectivity index (χ4n) is 2.23. The smallest absolute Gasteiger partial charge is 0.274 e. The summed E-state index contributed by atoms with van der Waals surface area (Å²) in [5.74, 6) is 0.363. The molecule has 6 heteroatoms.